The molecule has 1 amide bonds. The first-order valence-corrected chi connectivity index (χ1v) is 10.1. The molecule has 1 atom stereocenters. The van der Waals surface area contributed by atoms with Gasteiger partial charge in [-0.1, -0.05) is 12.8 Å². The second kappa shape index (κ2) is 11.9. The summed E-state index contributed by atoms with van der Waals surface area (Å²) in [4.78, 5) is 18.5. The summed E-state index contributed by atoms with van der Waals surface area (Å²) in [6.45, 7) is 9.24. The summed E-state index contributed by atoms with van der Waals surface area (Å²) < 4.78 is 5.22. The Morgan fingerprint density at radius 2 is 1.81 bits per heavy atom. The number of ether oxygens (including phenoxy) is 1. The summed E-state index contributed by atoms with van der Waals surface area (Å²) in [5, 5.41) is 9.64. The predicted molar refractivity (Wildman–Crippen MR) is 121 cm³/mol. The highest BCUT2D eigenvalue weighted by atomic mass is 127. The Kier molecular flexibility index (Phi) is 10.7. The molecule has 1 saturated heterocycles. The van der Waals surface area contributed by atoms with Crippen molar-refractivity contribution in [2.45, 2.75) is 77.0 Å². The van der Waals surface area contributed by atoms with Gasteiger partial charge in [0.15, 0.2) is 5.96 Å². The van der Waals surface area contributed by atoms with Crippen LogP contribution in [-0.2, 0) is 4.74 Å². The van der Waals surface area contributed by atoms with Crippen molar-refractivity contribution in [1.82, 2.24) is 20.9 Å². The van der Waals surface area contributed by atoms with Gasteiger partial charge in [-0.15, -0.1) is 24.0 Å². The zero-order valence-electron chi connectivity index (χ0n) is 17.3. The minimum atomic E-state index is -0.456. The number of rotatable bonds is 6. The number of aliphatic imine (C=N–C) groups is 1. The Morgan fingerprint density at radius 1 is 1.15 bits per heavy atom. The third-order valence-electron chi connectivity index (χ3n) is 4.94. The molecule has 0 spiro atoms. The van der Waals surface area contributed by atoms with Crippen LogP contribution in [0.3, 0.4) is 0 Å². The smallest absolute Gasteiger partial charge is 0.407 e. The zero-order chi connectivity index (χ0) is 19.0. The van der Waals surface area contributed by atoms with E-state index in [0.29, 0.717) is 12.6 Å². The maximum Gasteiger partial charge on any atom is 0.407 e. The number of hydrogen-bond donors (Lipinski definition) is 3. The van der Waals surface area contributed by atoms with Gasteiger partial charge in [0.05, 0.1) is 0 Å². The van der Waals surface area contributed by atoms with Crippen LogP contribution in [0.2, 0.25) is 0 Å². The lowest BCUT2D eigenvalue weighted by atomic mass is 10.2. The molecule has 2 aliphatic rings. The van der Waals surface area contributed by atoms with Crippen molar-refractivity contribution in [3.63, 3.8) is 0 Å². The van der Waals surface area contributed by atoms with E-state index in [0.717, 1.165) is 31.5 Å². The first kappa shape index (κ1) is 24.3. The first-order chi connectivity index (χ1) is 12.4. The van der Waals surface area contributed by atoms with Crippen LogP contribution in [0.25, 0.3) is 0 Å². The van der Waals surface area contributed by atoms with E-state index >= 15 is 0 Å². The van der Waals surface area contributed by atoms with E-state index in [1.165, 1.54) is 38.6 Å². The Hall–Kier alpha value is -0.770. The predicted octanol–water partition coefficient (Wildman–Crippen LogP) is 2.70. The molecule has 1 unspecified atom stereocenters. The van der Waals surface area contributed by atoms with Crippen LogP contribution in [0.15, 0.2) is 4.99 Å². The van der Waals surface area contributed by atoms with Crippen LogP contribution in [0.1, 0.15) is 59.3 Å². The average Bonchev–Trinajstić information content (AvgIpc) is 3.23. The van der Waals surface area contributed by atoms with E-state index in [-0.39, 0.29) is 30.1 Å². The van der Waals surface area contributed by atoms with Gasteiger partial charge in [-0.05, 0) is 46.5 Å². The van der Waals surface area contributed by atoms with Crippen molar-refractivity contribution in [3.05, 3.63) is 0 Å². The molecule has 2 fully saturated rings. The number of likely N-dealkylation sites (tertiary alicyclic amines) is 1. The minimum absolute atomic E-state index is 0. The van der Waals surface area contributed by atoms with Gasteiger partial charge >= 0.3 is 6.09 Å². The highest BCUT2D eigenvalue weighted by Gasteiger charge is 2.30. The van der Waals surface area contributed by atoms with Crippen LogP contribution in [0.5, 0.6) is 0 Å². The normalized spacial score (nSPS) is 21.6. The molecule has 0 aromatic rings. The number of guanidine groups is 1. The van der Waals surface area contributed by atoms with E-state index in [1.807, 2.05) is 20.8 Å². The third kappa shape index (κ3) is 9.32. The molecule has 2 rings (SSSR count). The number of hydrogen-bond acceptors (Lipinski definition) is 4. The van der Waals surface area contributed by atoms with Crippen LogP contribution < -0.4 is 16.0 Å². The number of alkyl carbamates (subject to hydrolysis) is 1. The SMILES string of the molecule is CN=C(NCCCNC(=O)OC(C)(C)C)NC1CCN(C2CCCC2)C1.I. The van der Waals surface area contributed by atoms with Crippen LogP contribution in [-0.4, -0.2) is 67.9 Å². The lowest BCUT2D eigenvalue weighted by molar-refractivity contribution is 0.0527. The molecular weight excluding hydrogens is 457 g/mol. The van der Waals surface area contributed by atoms with E-state index in [2.05, 4.69) is 25.8 Å². The maximum absolute atomic E-state index is 11.6. The molecule has 0 bridgehead atoms. The number of nitrogens with zero attached hydrogens (tertiary/aromatic N) is 2. The molecule has 1 saturated carbocycles. The van der Waals surface area contributed by atoms with E-state index in [4.69, 9.17) is 4.74 Å². The Labute approximate surface area is 181 Å². The summed E-state index contributed by atoms with van der Waals surface area (Å²) in [6.07, 6.45) is 7.14. The van der Waals surface area contributed by atoms with Gasteiger partial charge in [-0.3, -0.25) is 9.89 Å². The van der Waals surface area contributed by atoms with Crippen LogP contribution in [0.4, 0.5) is 4.79 Å². The molecule has 3 N–H and O–H groups in total. The van der Waals surface area contributed by atoms with Crippen LogP contribution >= 0.6 is 24.0 Å². The number of amides is 1. The monoisotopic (exact) mass is 495 g/mol. The number of carbonyl (C=O) groups excluding carboxylic acids is 1. The zero-order valence-corrected chi connectivity index (χ0v) is 19.7. The number of carbonyl (C=O) groups is 1. The van der Waals surface area contributed by atoms with Crippen molar-refractivity contribution in [2.75, 3.05) is 33.2 Å². The molecule has 8 heteroatoms. The highest BCUT2D eigenvalue weighted by Crippen LogP contribution is 2.26. The second-order valence-corrected chi connectivity index (χ2v) is 8.34. The molecule has 7 nitrogen and oxygen atoms in total. The van der Waals surface area contributed by atoms with Gasteiger partial charge in [0.2, 0.25) is 0 Å². The summed E-state index contributed by atoms with van der Waals surface area (Å²) in [5.41, 5.74) is -0.456. The maximum atomic E-state index is 11.6. The van der Waals surface area contributed by atoms with Gasteiger partial charge in [-0.2, -0.15) is 0 Å². The van der Waals surface area contributed by atoms with Crippen molar-refractivity contribution in [2.24, 2.45) is 4.99 Å². The van der Waals surface area contributed by atoms with Crippen molar-refractivity contribution < 1.29 is 9.53 Å². The van der Waals surface area contributed by atoms with Crippen molar-refractivity contribution >= 4 is 36.0 Å². The van der Waals surface area contributed by atoms with Gasteiger partial charge in [0.25, 0.3) is 0 Å². The molecule has 1 aliphatic heterocycles. The largest absolute Gasteiger partial charge is 0.444 e. The molecule has 1 heterocycles. The standard InChI is InChI=1S/C19H37N5O2.HI/c1-19(2,3)26-18(25)22-12-7-11-21-17(20-4)23-15-10-13-24(14-15)16-8-5-6-9-16;/h15-16H,5-14H2,1-4H3,(H,22,25)(H2,20,21,23);1H. The molecule has 0 aromatic heterocycles. The fourth-order valence-corrected chi connectivity index (χ4v) is 3.69. The average molecular weight is 495 g/mol. The van der Waals surface area contributed by atoms with Gasteiger partial charge in [0, 0.05) is 45.3 Å². The summed E-state index contributed by atoms with van der Waals surface area (Å²) in [7, 11) is 1.80. The topological polar surface area (TPSA) is 78.0 Å². The molecule has 158 valence electrons. The van der Waals surface area contributed by atoms with Gasteiger partial charge in [-0.25, -0.2) is 4.79 Å². The van der Waals surface area contributed by atoms with E-state index in [1.54, 1.807) is 7.05 Å². The quantitative estimate of drug-likeness (QED) is 0.229. The fourth-order valence-electron chi connectivity index (χ4n) is 3.69. The molecular formula is C19H38IN5O2. The molecule has 27 heavy (non-hydrogen) atoms. The summed E-state index contributed by atoms with van der Waals surface area (Å²) in [6, 6.07) is 1.28. The van der Waals surface area contributed by atoms with E-state index in [9.17, 15) is 4.79 Å². The molecule has 0 aromatic carbocycles. The van der Waals surface area contributed by atoms with E-state index < -0.39 is 5.60 Å². The van der Waals surface area contributed by atoms with Crippen LogP contribution in [0, 0.1) is 0 Å². The Bertz CT molecular complexity index is 475. The van der Waals surface area contributed by atoms with Gasteiger partial charge < -0.3 is 20.7 Å². The van der Waals surface area contributed by atoms with Crippen molar-refractivity contribution in [3.8, 4) is 0 Å². The Morgan fingerprint density at radius 3 is 2.44 bits per heavy atom. The molecule has 1 aliphatic carbocycles. The summed E-state index contributed by atoms with van der Waals surface area (Å²) >= 11 is 0. The first-order valence-electron chi connectivity index (χ1n) is 10.1. The number of nitrogens with one attached hydrogen (secondary N) is 3. The highest BCUT2D eigenvalue weighted by molar-refractivity contribution is 14.0. The fraction of sp³-hybridized carbons (Fsp3) is 0.895. The second-order valence-electron chi connectivity index (χ2n) is 8.34. The number of halogens is 1. The van der Waals surface area contributed by atoms with Gasteiger partial charge in [0.1, 0.15) is 5.60 Å². The lowest BCUT2D eigenvalue weighted by Crippen LogP contribution is -2.45. The van der Waals surface area contributed by atoms with Crippen molar-refractivity contribution in [1.29, 1.82) is 0 Å². The molecule has 0 radical (unpaired) electrons. The minimum Gasteiger partial charge on any atom is -0.444 e. The summed E-state index contributed by atoms with van der Waals surface area (Å²) in [5.74, 6) is 0.848. The third-order valence-corrected chi connectivity index (χ3v) is 4.94. The Balaban J connectivity index is 0.00000364. The lowest BCUT2D eigenvalue weighted by Gasteiger charge is -2.24.